The van der Waals surface area contributed by atoms with Gasteiger partial charge in [-0.05, 0) is 42.0 Å². The van der Waals surface area contributed by atoms with Crippen molar-refractivity contribution < 1.29 is 13.5 Å². The highest BCUT2D eigenvalue weighted by atomic mass is 35.5. The van der Waals surface area contributed by atoms with Gasteiger partial charge in [0.1, 0.15) is 16.8 Å². The van der Waals surface area contributed by atoms with Gasteiger partial charge in [0.25, 0.3) is 0 Å². The van der Waals surface area contributed by atoms with Crippen molar-refractivity contribution in [2.45, 2.75) is 6.61 Å². The van der Waals surface area contributed by atoms with E-state index in [1.807, 2.05) is 24.3 Å². The fourth-order valence-corrected chi connectivity index (χ4v) is 3.20. The number of alkyl halides is 2. The quantitative estimate of drug-likeness (QED) is 0.566. The number of allylic oxidation sites excluding steroid dienone is 1. The number of nitriles is 1. The van der Waals surface area contributed by atoms with Crippen LogP contribution >= 0.6 is 22.9 Å². The van der Waals surface area contributed by atoms with Crippen molar-refractivity contribution in [2.75, 3.05) is 0 Å². The molecule has 0 aliphatic rings. The molecule has 0 aliphatic heterocycles. The SMILES string of the molecule is N#C/C(=C\c1cc(OC(F)F)ccc1Cl)c1nc2ccccc2s1. The first-order valence-corrected chi connectivity index (χ1v) is 7.98. The minimum absolute atomic E-state index is 0.0257. The first-order valence-electron chi connectivity index (χ1n) is 6.79. The molecule has 3 rings (SSSR count). The molecule has 0 unspecified atom stereocenters. The summed E-state index contributed by atoms with van der Waals surface area (Å²) < 4.78 is 30.0. The molecule has 0 bridgehead atoms. The summed E-state index contributed by atoms with van der Waals surface area (Å²) in [6.45, 7) is -2.93. The molecule has 2 aromatic carbocycles. The van der Waals surface area contributed by atoms with Crippen LogP contribution in [-0.2, 0) is 0 Å². The number of hydrogen-bond acceptors (Lipinski definition) is 4. The molecule has 3 nitrogen and oxygen atoms in total. The number of benzene rings is 2. The van der Waals surface area contributed by atoms with Gasteiger partial charge in [0.05, 0.1) is 15.8 Å². The van der Waals surface area contributed by atoms with E-state index in [0.29, 0.717) is 21.2 Å². The van der Waals surface area contributed by atoms with E-state index in [9.17, 15) is 14.0 Å². The highest BCUT2D eigenvalue weighted by Gasteiger charge is 2.11. The van der Waals surface area contributed by atoms with Gasteiger partial charge in [-0.2, -0.15) is 14.0 Å². The second-order valence-electron chi connectivity index (χ2n) is 4.72. The molecule has 0 amide bonds. The van der Waals surface area contributed by atoms with Crippen LogP contribution in [0.1, 0.15) is 10.6 Å². The molecule has 120 valence electrons. The minimum atomic E-state index is -2.93. The Bertz CT molecular complexity index is 930. The van der Waals surface area contributed by atoms with Gasteiger partial charge >= 0.3 is 6.61 Å². The van der Waals surface area contributed by atoms with Crippen LogP contribution in [0.3, 0.4) is 0 Å². The zero-order valence-electron chi connectivity index (χ0n) is 12.0. The molecule has 0 atom stereocenters. The first-order chi connectivity index (χ1) is 11.6. The van der Waals surface area contributed by atoms with Crippen molar-refractivity contribution in [1.82, 2.24) is 4.98 Å². The lowest BCUT2D eigenvalue weighted by Crippen LogP contribution is -2.01. The average Bonchev–Trinajstić information content (AvgIpc) is 2.98. The summed E-state index contributed by atoms with van der Waals surface area (Å²) >= 11 is 7.46. The van der Waals surface area contributed by atoms with E-state index in [0.717, 1.165) is 10.2 Å². The van der Waals surface area contributed by atoms with Gasteiger partial charge in [-0.3, -0.25) is 0 Å². The van der Waals surface area contributed by atoms with Gasteiger partial charge in [0, 0.05) is 5.02 Å². The number of para-hydroxylation sites is 1. The number of aromatic nitrogens is 1. The number of nitrogens with zero attached hydrogens (tertiary/aromatic N) is 2. The Kier molecular flexibility index (Phi) is 4.74. The third-order valence-corrected chi connectivity index (χ3v) is 4.55. The highest BCUT2D eigenvalue weighted by molar-refractivity contribution is 7.19. The Labute approximate surface area is 145 Å². The normalized spacial score (nSPS) is 11.7. The Morgan fingerprint density at radius 3 is 2.79 bits per heavy atom. The predicted octanol–water partition coefficient (Wildman–Crippen LogP) is 5.62. The molecule has 24 heavy (non-hydrogen) atoms. The van der Waals surface area contributed by atoms with Crippen LogP contribution in [0.2, 0.25) is 5.02 Å². The number of hydrogen-bond donors (Lipinski definition) is 0. The van der Waals surface area contributed by atoms with Gasteiger partial charge < -0.3 is 4.74 Å². The standard InChI is InChI=1S/C17H9ClF2N2OS/c18-13-6-5-12(23-17(19)20)8-10(13)7-11(9-21)16-22-14-3-1-2-4-15(14)24-16/h1-8,17H/b11-7+. The molecular formula is C17H9ClF2N2OS. The molecule has 0 saturated heterocycles. The van der Waals surface area contributed by atoms with Gasteiger partial charge in [0.15, 0.2) is 0 Å². The first kappa shape index (κ1) is 16.4. The van der Waals surface area contributed by atoms with Crippen LogP contribution in [0.5, 0.6) is 5.75 Å². The fourth-order valence-electron chi connectivity index (χ4n) is 2.09. The molecule has 0 aliphatic carbocycles. The van der Waals surface area contributed by atoms with Crippen LogP contribution in [0.15, 0.2) is 42.5 Å². The summed E-state index contributed by atoms with van der Waals surface area (Å²) in [6, 6.07) is 13.7. The number of rotatable bonds is 4. The van der Waals surface area contributed by atoms with Crippen molar-refractivity contribution in [3.05, 3.63) is 58.1 Å². The topological polar surface area (TPSA) is 45.9 Å². The van der Waals surface area contributed by atoms with E-state index in [-0.39, 0.29) is 5.75 Å². The monoisotopic (exact) mass is 362 g/mol. The number of ether oxygens (including phenoxy) is 1. The van der Waals surface area contributed by atoms with Crippen molar-refractivity contribution >= 4 is 44.8 Å². The predicted molar refractivity (Wildman–Crippen MR) is 91.2 cm³/mol. The van der Waals surface area contributed by atoms with Crippen molar-refractivity contribution in [1.29, 1.82) is 5.26 Å². The second kappa shape index (κ2) is 6.95. The number of fused-ring (bicyclic) bond motifs is 1. The Balaban J connectivity index is 2.03. The fraction of sp³-hybridized carbons (Fsp3) is 0.0588. The second-order valence-corrected chi connectivity index (χ2v) is 6.16. The van der Waals surface area contributed by atoms with Gasteiger partial charge in [-0.1, -0.05) is 23.7 Å². The summed E-state index contributed by atoms with van der Waals surface area (Å²) in [4.78, 5) is 4.41. The van der Waals surface area contributed by atoms with Crippen LogP contribution < -0.4 is 4.74 Å². The lowest BCUT2D eigenvalue weighted by molar-refractivity contribution is -0.0498. The molecule has 0 N–H and O–H groups in total. The third kappa shape index (κ3) is 3.53. The highest BCUT2D eigenvalue weighted by Crippen LogP contribution is 2.31. The summed E-state index contributed by atoms with van der Waals surface area (Å²) in [7, 11) is 0. The third-order valence-electron chi connectivity index (χ3n) is 3.14. The minimum Gasteiger partial charge on any atom is -0.435 e. The Morgan fingerprint density at radius 1 is 1.29 bits per heavy atom. The number of thiazole rings is 1. The summed E-state index contributed by atoms with van der Waals surface area (Å²) in [6.07, 6.45) is 1.51. The smallest absolute Gasteiger partial charge is 0.387 e. The molecule has 3 aromatic rings. The molecule has 1 heterocycles. The van der Waals surface area contributed by atoms with E-state index in [2.05, 4.69) is 15.8 Å². The van der Waals surface area contributed by atoms with E-state index in [4.69, 9.17) is 11.6 Å². The van der Waals surface area contributed by atoms with Gasteiger partial charge in [0.2, 0.25) is 0 Å². The molecule has 0 radical (unpaired) electrons. The van der Waals surface area contributed by atoms with Crippen LogP contribution in [-0.4, -0.2) is 11.6 Å². The molecule has 0 fully saturated rings. The Hall–Kier alpha value is -2.49. The van der Waals surface area contributed by atoms with Crippen LogP contribution in [0.4, 0.5) is 8.78 Å². The molecule has 0 saturated carbocycles. The van der Waals surface area contributed by atoms with E-state index < -0.39 is 6.61 Å². The Morgan fingerprint density at radius 2 is 2.08 bits per heavy atom. The lowest BCUT2D eigenvalue weighted by Gasteiger charge is -2.06. The van der Waals surface area contributed by atoms with Crippen molar-refractivity contribution in [3.63, 3.8) is 0 Å². The molecular weight excluding hydrogens is 354 g/mol. The maximum absolute atomic E-state index is 12.3. The van der Waals surface area contributed by atoms with E-state index in [1.54, 1.807) is 0 Å². The zero-order valence-corrected chi connectivity index (χ0v) is 13.6. The summed E-state index contributed by atoms with van der Waals surface area (Å²) in [5, 5.41) is 10.3. The van der Waals surface area contributed by atoms with Crippen LogP contribution in [0.25, 0.3) is 21.9 Å². The maximum Gasteiger partial charge on any atom is 0.387 e. The molecule has 0 spiro atoms. The number of halogens is 3. The van der Waals surface area contributed by atoms with E-state index >= 15 is 0 Å². The van der Waals surface area contributed by atoms with Crippen LogP contribution in [0, 0.1) is 11.3 Å². The maximum atomic E-state index is 12.3. The van der Waals surface area contributed by atoms with Crippen molar-refractivity contribution in [3.8, 4) is 11.8 Å². The van der Waals surface area contributed by atoms with Crippen molar-refractivity contribution in [2.24, 2.45) is 0 Å². The van der Waals surface area contributed by atoms with Gasteiger partial charge in [-0.25, -0.2) is 4.98 Å². The van der Waals surface area contributed by atoms with Gasteiger partial charge in [-0.15, -0.1) is 11.3 Å². The average molecular weight is 363 g/mol. The summed E-state index contributed by atoms with van der Waals surface area (Å²) in [5.41, 5.74) is 1.50. The lowest BCUT2D eigenvalue weighted by atomic mass is 10.1. The summed E-state index contributed by atoms with van der Waals surface area (Å²) in [5.74, 6) is -0.0257. The molecule has 1 aromatic heterocycles. The molecule has 7 heteroatoms. The largest absolute Gasteiger partial charge is 0.435 e. The van der Waals surface area contributed by atoms with E-state index in [1.165, 1.54) is 35.6 Å². The zero-order chi connectivity index (χ0) is 17.1.